The lowest BCUT2D eigenvalue weighted by Gasteiger charge is -2.38. The first-order valence-corrected chi connectivity index (χ1v) is 8.12. The molecule has 3 heterocycles. The van der Waals surface area contributed by atoms with E-state index in [1.807, 2.05) is 16.4 Å². The molecule has 7 heteroatoms. The van der Waals surface area contributed by atoms with E-state index in [4.69, 9.17) is 5.21 Å². The summed E-state index contributed by atoms with van der Waals surface area (Å²) in [5.41, 5.74) is 3.01. The van der Waals surface area contributed by atoms with Gasteiger partial charge in [0.15, 0.2) is 0 Å². The Kier molecular flexibility index (Phi) is 4.41. The molecule has 1 saturated heterocycles. The van der Waals surface area contributed by atoms with Gasteiger partial charge in [-0.1, -0.05) is 0 Å². The summed E-state index contributed by atoms with van der Waals surface area (Å²) >= 11 is 0. The molecule has 1 fully saturated rings. The Labute approximate surface area is 135 Å². The first-order valence-electron chi connectivity index (χ1n) is 8.12. The zero-order chi connectivity index (χ0) is 16.6. The van der Waals surface area contributed by atoms with Gasteiger partial charge in [-0.3, -0.25) is 14.8 Å². The molecule has 0 aromatic carbocycles. The molecule has 0 aliphatic carbocycles. The van der Waals surface area contributed by atoms with E-state index in [1.54, 1.807) is 17.7 Å². The van der Waals surface area contributed by atoms with Crippen LogP contribution in [0.4, 0.5) is 0 Å². The second-order valence-electron chi connectivity index (χ2n) is 6.71. The van der Waals surface area contributed by atoms with Crippen molar-refractivity contribution in [2.75, 3.05) is 20.1 Å². The van der Waals surface area contributed by atoms with Crippen molar-refractivity contribution in [3.8, 4) is 0 Å². The number of carbonyl (C=O) groups is 2. The molecule has 1 aromatic heterocycles. The van der Waals surface area contributed by atoms with Crippen molar-refractivity contribution in [2.45, 2.75) is 38.9 Å². The third-order valence-electron chi connectivity index (χ3n) is 5.03. The van der Waals surface area contributed by atoms with Crippen molar-refractivity contribution in [1.29, 1.82) is 0 Å². The molecule has 3 rings (SSSR count). The summed E-state index contributed by atoms with van der Waals surface area (Å²) in [5, 5.41) is 8.76. The molecule has 2 N–H and O–H groups in total. The average molecular weight is 320 g/mol. The smallest absolute Gasteiger partial charge is 0.276 e. The summed E-state index contributed by atoms with van der Waals surface area (Å²) in [6, 6.07) is 1.85. The number of nitrogens with zero attached hydrogens (tertiary/aromatic N) is 3. The summed E-state index contributed by atoms with van der Waals surface area (Å²) in [4.78, 5) is 28.6. The number of nitrogens with one attached hydrogen (secondary N) is 1. The summed E-state index contributed by atoms with van der Waals surface area (Å²) in [6.45, 7) is 5.17. The molecule has 1 atom stereocenters. The van der Waals surface area contributed by atoms with Gasteiger partial charge in [0.25, 0.3) is 5.91 Å². The second kappa shape index (κ2) is 6.33. The van der Waals surface area contributed by atoms with Gasteiger partial charge in [-0.2, -0.15) is 0 Å². The van der Waals surface area contributed by atoms with Crippen LogP contribution in [0.15, 0.2) is 12.3 Å². The predicted octanol–water partition coefficient (Wildman–Crippen LogP) is 0.680. The van der Waals surface area contributed by atoms with Gasteiger partial charge >= 0.3 is 0 Å². The van der Waals surface area contributed by atoms with Crippen LogP contribution in [0.2, 0.25) is 0 Å². The minimum Gasteiger partial charge on any atom is -0.347 e. The van der Waals surface area contributed by atoms with Gasteiger partial charge in [0.05, 0.1) is 12.1 Å². The highest BCUT2D eigenvalue weighted by molar-refractivity contribution is 5.93. The molecule has 0 spiro atoms. The fraction of sp³-hybridized carbons (Fsp3) is 0.625. The van der Waals surface area contributed by atoms with Crippen molar-refractivity contribution in [2.24, 2.45) is 5.92 Å². The number of piperidine rings is 1. The lowest BCUT2D eigenvalue weighted by atomic mass is 9.94. The van der Waals surface area contributed by atoms with E-state index >= 15 is 0 Å². The number of rotatable bonds is 2. The molecule has 126 valence electrons. The first-order chi connectivity index (χ1) is 11.0. The normalized spacial score (nSPS) is 22.7. The van der Waals surface area contributed by atoms with Gasteiger partial charge in [0.2, 0.25) is 5.91 Å². The number of hydroxylamine groups is 1. The number of fused-ring (bicyclic) bond motifs is 1. The van der Waals surface area contributed by atoms with Crippen molar-refractivity contribution >= 4 is 11.8 Å². The van der Waals surface area contributed by atoms with Crippen LogP contribution < -0.4 is 5.48 Å². The standard InChI is InChI=1S/C16H24N4O3/c1-11-8-19-9-13(15(21)17-23)7-14(19)10-20(11)16(22)12-3-5-18(2)6-4-12/h7,9,11-12,23H,3-6,8,10H2,1-2H3,(H,17,21). The second-order valence-corrected chi connectivity index (χ2v) is 6.71. The van der Waals surface area contributed by atoms with Crippen molar-refractivity contribution < 1.29 is 14.8 Å². The maximum Gasteiger partial charge on any atom is 0.276 e. The van der Waals surface area contributed by atoms with E-state index in [0.717, 1.165) is 31.6 Å². The van der Waals surface area contributed by atoms with E-state index in [-0.39, 0.29) is 17.9 Å². The zero-order valence-corrected chi connectivity index (χ0v) is 13.7. The molecule has 0 bridgehead atoms. The Balaban J connectivity index is 1.74. The lowest BCUT2D eigenvalue weighted by Crippen LogP contribution is -2.48. The number of amides is 2. The zero-order valence-electron chi connectivity index (χ0n) is 13.7. The maximum absolute atomic E-state index is 12.9. The van der Waals surface area contributed by atoms with E-state index in [0.29, 0.717) is 18.7 Å². The fourth-order valence-electron chi connectivity index (χ4n) is 3.54. The first kappa shape index (κ1) is 16.0. The molecule has 1 aromatic rings. The van der Waals surface area contributed by atoms with Crippen LogP contribution in [0, 0.1) is 5.92 Å². The Morgan fingerprint density at radius 2 is 2.00 bits per heavy atom. The molecular formula is C16H24N4O3. The number of carbonyl (C=O) groups excluding carboxylic acids is 2. The van der Waals surface area contributed by atoms with Crippen LogP contribution in [0.3, 0.4) is 0 Å². The van der Waals surface area contributed by atoms with E-state index in [9.17, 15) is 9.59 Å². The molecular weight excluding hydrogens is 296 g/mol. The monoisotopic (exact) mass is 320 g/mol. The molecule has 2 amide bonds. The quantitative estimate of drug-likeness (QED) is 0.620. The third kappa shape index (κ3) is 3.11. The average Bonchev–Trinajstić information content (AvgIpc) is 2.96. The van der Waals surface area contributed by atoms with E-state index in [1.165, 1.54) is 0 Å². The van der Waals surface area contributed by atoms with Gasteiger partial charge in [0, 0.05) is 30.4 Å². The van der Waals surface area contributed by atoms with Gasteiger partial charge < -0.3 is 14.4 Å². The van der Waals surface area contributed by atoms with Crippen molar-refractivity contribution in [3.05, 3.63) is 23.5 Å². The molecule has 0 radical (unpaired) electrons. The fourth-order valence-corrected chi connectivity index (χ4v) is 3.54. The van der Waals surface area contributed by atoms with Gasteiger partial charge in [-0.15, -0.1) is 0 Å². The van der Waals surface area contributed by atoms with Crippen LogP contribution in [-0.4, -0.2) is 57.6 Å². The third-order valence-corrected chi connectivity index (χ3v) is 5.03. The van der Waals surface area contributed by atoms with Gasteiger partial charge in [-0.05, 0) is 46.0 Å². The molecule has 1 unspecified atom stereocenters. The molecule has 0 saturated carbocycles. The Morgan fingerprint density at radius 1 is 1.30 bits per heavy atom. The number of aromatic nitrogens is 1. The molecule has 2 aliphatic rings. The summed E-state index contributed by atoms with van der Waals surface area (Å²) in [5.74, 6) is -0.186. The molecule has 23 heavy (non-hydrogen) atoms. The Hall–Kier alpha value is -1.86. The minimum atomic E-state index is -0.521. The van der Waals surface area contributed by atoms with E-state index in [2.05, 4.69) is 11.9 Å². The van der Waals surface area contributed by atoms with Crippen molar-refractivity contribution in [3.63, 3.8) is 0 Å². The summed E-state index contributed by atoms with van der Waals surface area (Å²) in [7, 11) is 2.09. The summed E-state index contributed by atoms with van der Waals surface area (Å²) in [6.07, 6.45) is 3.56. The number of hydrogen-bond donors (Lipinski definition) is 2. The highest BCUT2D eigenvalue weighted by Gasteiger charge is 2.33. The van der Waals surface area contributed by atoms with Crippen LogP contribution in [0.25, 0.3) is 0 Å². The number of likely N-dealkylation sites (tertiary alicyclic amines) is 1. The predicted molar refractivity (Wildman–Crippen MR) is 83.9 cm³/mol. The van der Waals surface area contributed by atoms with Crippen LogP contribution in [-0.2, 0) is 17.9 Å². The van der Waals surface area contributed by atoms with Crippen LogP contribution in [0.5, 0.6) is 0 Å². The van der Waals surface area contributed by atoms with Gasteiger partial charge in [-0.25, -0.2) is 5.48 Å². The van der Waals surface area contributed by atoms with Crippen molar-refractivity contribution in [1.82, 2.24) is 19.8 Å². The molecule has 2 aliphatic heterocycles. The van der Waals surface area contributed by atoms with Crippen LogP contribution >= 0.6 is 0 Å². The highest BCUT2D eigenvalue weighted by Crippen LogP contribution is 2.25. The summed E-state index contributed by atoms with van der Waals surface area (Å²) < 4.78 is 1.99. The Morgan fingerprint density at radius 3 is 2.65 bits per heavy atom. The van der Waals surface area contributed by atoms with E-state index < -0.39 is 5.91 Å². The largest absolute Gasteiger partial charge is 0.347 e. The Bertz CT molecular complexity index is 604. The number of hydrogen-bond acceptors (Lipinski definition) is 4. The minimum absolute atomic E-state index is 0.104. The van der Waals surface area contributed by atoms with Crippen LogP contribution in [0.1, 0.15) is 35.8 Å². The maximum atomic E-state index is 12.9. The highest BCUT2D eigenvalue weighted by atomic mass is 16.5. The van der Waals surface area contributed by atoms with Gasteiger partial charge in [0.1, 0.15) is 0 Å². The lowest BCUT2D eigenvalue weighted by molar-refractivity contribution is -0.141. The topological polar surface area (TPSA) is 77.8 Å². The molecule has 7 nitrogen and oxygen atoms in total. The SMILES string of the molecule is CC1Cn2cc(C(=O)NO)cc2CN1C(=O)C1CCN(C)CC1.